The number of likely N-dealkylation sites (tertiary alicyclic amines) is 1. The fraction of sp³-hybridized carbons (Fsp3) is 0.615. The van der Waals surface area contributed by atoms with E-state index in [1.165, 1.54) is 6.08 Å². The fourth-order valence-electron chi connectivity index (χ4n) is 2.01. The van der Waals surface area contributed by atoms with E-state index in [-0.39, 0.29) is 18.9 Å². The molecule has 0 radical (unpaired) electrons. The van der Waals surface area contributed by atoms with Crippen molar-refractivity contribution in [1.82, 2.24) is 15.5 Å². The average Bonchev–Trinajstić information content (AvgIpc) is 2.45. The van der Waals surface area contributed by atoms with Gasteiger partial charge in [0.15, 0.2) is 0 Å². The number of urea groups is 1. The van der Waals surface area contributed by atoms with Crippen molar-refractivity contribution in [3.8, 4) is 0 Å². The summed E-state index contributed by atoms with van der Waals surface area (Å²) in [5.74, 6) is -1.28. The minimum Gasteiger partial charge on any atom is -0.480 e. The van der Waals surface area contributed by atoms with Gasteiger partial charge in [0.25, 0.3) is 0 Å². The molecule has 0 spiro atoms. The molecule has 0 aromatic heterocycles. The second-order valence-electron chi connectivity index (χ2n) is 4.68. The summed E-state index contributed by atoms with van der Waals surface area (Å²) in [5, 5.41) is 13.5. The minimum absolute atomic E-state index is 0.119. The number of nitrogens with zero attached hydrogens (tertiary/aromatic N) is 1. The topological polar surface area (TPSA) is 98.7 Å². The van der Waals surface area contributed by atoms with Gasteiger partial charge in [0.1, 0.15) is 6.04 Å². The van der Waals surface area contributed by atoms with Gasteiger partial charge >= 0.3 is 12.0 Å². The lowest BCUT2D eigenvalue weighted by atomic mass is 10.1. The summed E-state index contributed by atoms with van der Waals surface area (Å²) in [6.45, 7) is 4.75. The molecule has 1 heterocycles. The number of hydrogen-bond donors (Lipinski definition) is 3. The summed E-state index contributed by atoms with van der Waals surface area (Å²) in [6, 6.07) is -1.69. The molecule has 1 aliphatic heterocycles. The van der Waals surface area contributed by atoms with Gasteiger partial charge < -0.3 is 20.6 Å². The van der Waals surface area contributed by atoms with Crippen LogP contribution in [0.5, 0.6) is 0 Å². The molecule has 0 saturated carbocycles. The highest BCUT2D eigenvalue weighted by Crippen LogP contribution is 2.08. The number of carbonyl (C=O) groups excluding carboxylic acids is 2. The van der Waals surface area contributed by atoms with E-state index in [1.807, 2.05) is 0 Å². The van der Waals surface area contributed by atoms with E-state index >= 15 is 0 Å². The van der Waals surface area contributed by atoms with Crippen LogP contribution < -0.4 is 10.6 Å². The number of nitrogens with one attached hydrogen (secondary N) is 2. The Bertz CT molecular complexity index is 378. The molecule has 7 heteroatoms. The Balaban J connectivity index is 2.32. The smallest absolute Gasteiger partial charge is 0.326 e. The first-order valence-corrected chi connectivity index (χ1v) is 6.70. The van der Waals surface area contributed by atoms with E-state index in [0.717, 1.165) is 32.4 Å². The van der Waals surface area contributed by atoms with Crippen LogP contribution in [0.15, 0.2) is 12.7 Å². The molecule has 7 nitrogen and oxygen atoms in total. The van der Waals surface area contributed by atoms with Crippen LogP contribution in [0.3, 0.4) is 0 Å². The number of amides is 3. The van der Waals surface area contributed by atoms with Crippen LogP contribution in [0, 0.1) is 0 Å². The Labute approximate surface area is 118 Å². The quantitative estimate of drug-likeness (QED) is 0.612. The number of carboxylic acid groups (broad SMARTS) is 1. The summed E-state index contributed by atoms with van der Waals surface area (Å²) in [6.07, 6.45) is 4.64. The molecule has 3 amide bonds. The Hall–Kier alpha value is -2.05. The van der Waals surface area contributed by atoms with Crippen LogP contribution in [0.4, 0.5) is 4.79 Å². The molecule has 112 valence electrons. The second-order valence-corrected chi connectivity index (χ2v) is 4.68. The Kier molecular flexibility index (Phi) is 6.55. The maximum atomic E-state index is 11.8. The maximum Gasteiger partial charge on any atom is 0.326 e. The van der Waals surface area contributed by atoms with Gasteiger partial charge in [-0.15, -0.1) is 6.58 Å². The van der Waals surface area contributed by atoms with E-state index in [9.17, 15) is 14.4 Å². The van der Waals surface area contributed by atoms with E-state index in [2.05, 4.69) is 17.2 Å². The lowest BCUT2D eigenvalue weighted by molar-refractivity contribution is -0.139. The first-order valence-electron chi connectivity index (χ1n) is 6.70. The lowest BCUT2D eigenvalue weighted by Gasteiger charge is -2.26. The van der Waals surface area contributed by atoms with Crippen molar-refractivity contribution in [2.45, 2.75) is 31.7 Å². The first kappa shape index (κ1) is 16.0. The van der Waals surface area contributed by atoms with Crippen LogP contribution >= 0.6 is 0 Å². The molecule has 0 bridgehead atoms. The fourth-order valence-corrected chi connectivity index (χ4v) is 2.01. The predicted octanol–water partition coefficient (Wildman–Crippen LogP) is 0.327. The second kappa shape index (κ2) is 8.19. The third-order valence-corrected chi connectivity index (χ3v) is 3.11. The predicted molar refractivity (Wildman–Crippen MR) is 73.2 cm³/mol. The lowest BCUT2D eigenvalue weighted by Crippen LogP contribution is -2.49. The van der Waals surface area contributed by atoms with Gasteiger partial charge in [0.2, 0.25) is 5.91 Å². The van der Waals surface area contributed by atoms with Crippen LogP contribution in [0.1, 0.15) is 25.7 Å². The average molecular weight is 283 g/mol. The zero-order chi connectivity index (χ0) is 15.0. The van der Waals surface area contributed by atoms with Crippen LogP contribution in [0.2, 0.25) is 0 Å². The largest absolute Gasteiger partial charge is 0.480 e. The number of rotatable bonds is 6. The van der Waals surface area contributed by atoms with Gasteiger partial charge in [-0.2, -0.15) is 0 Å². The van der Waals surface area contributed by atoms with E-state index in [0.29, 0.717) is 0 Å². The normalized spacial score (nSPS) is 16.1. The molecule has 1 unspecified atom stereocenters. The van der Waals surface area contributed by atoms with E-state index in [1.54, 1.807) is 4.90 Å². The van der Waals surface area contributed by atoms with Gasteiger partial charge in [0.05, 0.1) is 6.54 Å². The van der Waals surface area contributed by atoms with Crippen molar-refractivity contribution in [2.75, 3.05) is 19.6 Å². The summed E-state index contributed by atoms with van der Waals surface area (Å²) in [5.41, 5.74) is 0. The zero-order valence-corrected chi connectivity index (χ0v) is 11.4. The Morgan fingerprint density at radius 3 is 2.45 bits per heavy atom. The zero-order valence-electron chi connectivity index (χ0n) is 11.4. The monoisotopic (exact) mass is 283 g/mol. The highest BCUT2D eigenvalue weighted by atomic mass is 16.4. The Morgan fingerprint density at radius 2 is 1.90 bits per heavy atom. The van der Waals surface area contributed by atoms with Gasteiger partial charge in [-0.1, -0.05) is 6.08 Å². The molecule has 1 atom stereocenters. The van der Waals surface area contributed by atoms with E-state index < -0.39 is 18.0 Å². The van der Waals surface area contributed by atoms with Gasteiger partial charge in [-0.3, -0.25) is 4.79 Å². The molecular weight excluding hydrogens is 262 g/mol. The number of hydrogen-bond acceptors (Lipinski definition) is 3. The van der Waals surface area contributed by atoms with Crippen LogP contribution in [-0.4, -0.2) is 53.6 Å². The van der Waals surface area contributed by atoms with Crippen molar-refractivity contribution >= 4 is 17.9 Å². The first-order chi connectivity index (χ1) is 9.54. The van der Waals surface area contributed by atoms with Crippen LogP contribution in [-0.2, 0) is 9.59 Å². The summed E-state index contributed by atoms with van der Waals surface area (Å²) in [4.78, 5) is 35.9. The third-order valence-electron chi connectivity index (χ3n) is 3.11. The summed E-state index contributed by atoms with van der Waals surface area (Å²) >= 11 is 0. The standard InChI is InChI=1S/C13H21N3O4/c1-2-6-10(12(18)19)15-13(20)14-9-11(17)16-7-4-3-5-8-16/h2,10H,1,3-9H2,(H,18,19)(H2,14,15,20). The highest BCUT2D eigenvalue weighted by molar-refractivity contribution is 5.86. The van der Waals surface area contributed by atoms with Gasteiger partial charge in [-0.05, 0) is 25.7 Å². The third kappa shape index (κ3) is 5.29. The molecule has 1 aliphatic rings. The maximum absolute atomic E-state index is 11.8. The van der Waals surface area contributed by atoms with Crippen molar-refractivity contribution in [3.63, 3.8) is 0 Å². The Morgan fingerprint density at radius 1 is 1.25 bits per heavy atom. The summed E-state index contributed by atoms with van der Waals surface area (Å²) in [7, 11) is 0. The van der Waals surface area contributed by atoms with E-state index in [4.69, 9.17) is 5.11 Å². The summed E-state index contributed by atoms with van der Waals surface area (Å²) < 4.78 is 0. The molecule has 20 heavy (non-hydrogen) atoms. The molecule has 1 saturated heterocycles. The molecule has 3 N–H and O–H groups in total. The van der Waals surface area contributed by atoms with Crippen LogP contribution in [0.25, 0.3) is 0 Å². The highest BCUT2D eigenvalue weighted by Gasteiger charge is 2.20. The van der Waals surface area contributed by atoms with Crippen molar-refractivity contribution in [1.29, 1.82) is 0 Å². The molecular formula is C13H21N3O4. The van der Waals surface area contributed by atoms with Crippen molar-refractivity contribution in [2.24, 2.45) is 0 Å². The number of carbonyl (C=O) groups is 3. The van der Waals surface area contributed by atoms with Gasteiger partial charge in [-0.25, -0.2) is 9.59 Å². The number of piperidine rings is 1. The molecule has 1 rings (SSSR count). The van der Waals surface area contributed by atoms with Crippen molar-refractivity contribution in [3.05, 3.63) is 12.7 Å². The number of carboxylic acids is 1. The molecule has 0 aromatic carbocycles. The SMILES string of the molecule is C=CCC(NC(=O)NCC(=O)N1CCCCC1)C(=O)O. The molecule has 1 fully saturated rings. The number of aliphatic carboxylic acids is 1. The van der Waals surface area contributed by atoms with Crippen molar-refractivity contribution < 1.29 is 19.5 Å². The molecule has 0 aromatic rings. The molecule has 0 aliphatic carbocycles. The minimum atomic E-state index is -1.14. The van der Waals surface area contributed by atoms with Gasteiger partial charge in [0, 0.05) is 13.1 Å².